The van der Waals surface area contributed by atoms with E-state index in [1.165, 1.54) is 0 Å². The minimum absolute atomic E-state index is 0.119. The lowest BCUT2D eigenvalue weighted by Gasteiger charge is -2.21. The van der Waals surface area contributed by atoms with E-state index in [-0.39, 0.29) is 17.7 Å². The topological polar surface area (TPSA) is 76.7 Å². The van der Waals surface area contributed by atoms with Gasteiger partial charge in [-0.05, 0) is 54.8 Å². The second kappa shape index (κ2) is 9.39. The van der Waals surface area contributed by atoms with E-state index in [1.54, 1.807) is 36.4 Å². The third-order valence-electron chi connectivity index (χ3n) is 4.33. The highest BCUT2D eigenvalue weighted by Gasteiger charge is 2.21. The summed E-state index contributed by atoms with van der Waals surface area (Å²) in [5, 5.41) is 0.654. The van der Waals surface area contributed by atoms with Crippen LogP contribution >= 0.6 is 11.6 Å². The highest BCUT2D eigenvalue weighted by molar-refractivity contribution is 6.30. The van der Waals surface area contributed by atoms with E-state index in [9.17, 15) is 9.59 Å². The molecule has 0 saturated carbocycles. The van der Waals surface area contributed by atoms with E-state index in [1.807, 2.05) is 12.1 Å². The molecule has 2 amide bonds. The van der Waals surface area contributed by atoms with Crippen molar-refractivity contribution in [3.63, 3.8) is 0 Å². The molecule has 1 fully saturated rings. The van der Waals surface area contributed by atoms with Crippen LogP contribution in [0.15, 0.2) is 48.5 Å². The summed E-state index contributed by atoms with van der Waals surface area (Å²) < 4.78 is 10.9. The maximum Gasteiger partial charge on any atom is 0.269 e. The van der Waals surface area contributed by atoms with Crippen molar-refractivity contribution in [2.45, 2.75) is 19.4 Å². The van der Waals surface area contributed by atoms with Gasteiger partial charge >= 0.3 is 0 Å². The van der Waals surface area contributed by atoms with Crippen LogP contribution < -0.4 is 15.6 Å². The molecular weight excluding hydrogens is 368 g/mol. The van der Waals surface area contributed by atoms with Gasteiger partial charge in [0.1, 0.15) is 12.4 Å². The smallest absolute Gasteiger partial charge is 0.269 e. The van der Waals surface area contributed by atoms with Crippen LogP contribution in [0.4, 0.5) is 0 Å². The Balaban J connectivity index is 1.46. The Labute approximate surface area is 162 Å². The van der Waals surface area contributed by atoms with E-state index in [0.717, 1.165) is 11.3 Å². The summed E-state index contributed by atoms with van der Waals surface area (Å²) >= 11 is 5.84. The first-order chi connectivity index (χ1) is 13.1. The summed E-state index contributed by atoms with van der Waals surface area (Å²) in [5.41, 5.74) is 6.32. The number of hydrazine groups is 1. The lowest BCUT2D eigenvalue weighted by Crippen LogP contribution is -2.45. The molecule has 0 aromatic heterocycles. The van der Waals surface area contributed by atoms with E-state index in [0.29, 0.717) is 43.2 Å². The standard InChI is InChI=1S/C20H21ClN2O4/c21-17-5-7-18(8-6-17)27-13-14-1-3-15(4-2-14)19(24)22-23-20(25)16-9-11-26-12-10-16/h1-8,16H,9-13H2,(H,22,24)(H,23,25). The fourth-order valence-electron chi connectivity index (χ4n) is 2.70. The molecule has 0 spiro atoms. The zero-order chi connectivity index (χ0) is 19.1. The number of hydrogen-bond acceptors (Lipinski definition) is 4. The molecule has 142 valence electrons. The Morgan fingerprint density at radius 1 is 1.00 bits per heavy atom. The van der Waals surface area contributed by atoms with Crippen molar-refractivity contribution in [1.82, 2.24) is 10.9 Å². The third kappa shape index (κ3) is 5.70. The van der Waals surface area contributed by atoms with E-state index < -0.39 is 0 Å². The van der Waals surface area contributed by atoms with Crippen molar-refractivity contribution in [2.24, 2.45) is 5.92 Å². The summed E-state index contributed by atoms with van der Waals surface area (Å²) in [5.74, 6) is 0.0590. The molecule has 2 aromatic carbocycles. The molecule has 0 radical (unpaired) electrons. The number of carbonyl (C=O) groups excluding carboxylic acids is 2. The minimum atomic E-state index is -0.361. The SMILES string of the molecule is O=C(NNC(=O)C1CCOCC1)c1ccc(COc2ccc(Cl)cc2)cc1. The van der Waals surface area contributed by atoms with E-state index >= 15 is 0 Å². The van der Waals surface area contributed by atoms with Gasteiger partial charge in [-0.3, -0.25) is 20.4 Å². The Hall–Kier alpha value is -2.57. The molecule has 1 saturated heterocycles. The maximum atomic E-state index is 12.2. The molecule has 0 unspecified atom stereocenters. The third-order valence-corrected chi connectivity index (χ3v) is 4.58. The summed E-state index contributed by atoms with van der Waals surface area (Å²) in [6.45, 7) is 1.53. The predicted molar refractivity (Wildman–Crippen MR) is 101 cm³/mol. The highest BCUT2D eigenvalue weighted by atomic mass is 35.5. The van der Waals surface area contributed by atoms with E-state index in [2.05, 4.69) is 10.9 Å². The Morgan fingerprint density at radius 2 is 1.67 bits per heavy atom. The van der Waals surface area contributed by atoms with Gasteiger partial charge in [0.15, 0.2) is 0 Å². The molecule has 0 atom stereocenters. The number of rotatable bonds is 5. The number of ether oxygens (including phenoxy) is 2. The Kier molecular flexibility index (Phi) is 6.68. The fourth-order valence-corrected chi connectivity index (χ4v) is 2.83. The first-order valence-electron chi connectivity index (χ1n) is 8.77. The molecule has 1 aliphatic heterocycles. The number of halogens is 1. The predicted octanol–water partition coefficient (Wildman–Crippen LogP) is 3.11. The van der Waals surface area contributed by atoms with Crippen LogP contribution in [0, 0.1) is 5.92 Å². The number of amides is 2. The van der Waals surface area contributed by atoms with Gasteiger partial charge in [-0.25, -0.2) is 0 Å². The van der Waals surface area contributed by atoms with E-state index in [4.69, 9.17) is 21.1 Å². The van der Waals surface area contributed by atoms with Crippen LogP contribution in [0.25, 0.3) is 0 Å². The molecule has 2 N–H and O–H groups in total. The number of hydrogen-bond donors (Lipinski definition) is 2. The molecule has 0 aliphatic carbocycles. The summed E-state index contributed by atoms with van der Waals surface area (Å²) in [6.07, 6.45) is 1.34. The number of benzene rings is 2. The molecule has 7 heteroatoms. The van der Waals surface area contributed by atoms with Gasteiger partial charge in [0.05, 0.1) is 0 Å². The molecule has 0 bridgehead atoms. The van der Waals surface area contributed by atoms with Crippen LogP contribution in [0.1, 0.15) is 28.8 Å². The van der Waals surface area contributed by atoms with Gasteiger partial charge in [0.25, 0.3) is 5.91 Å². The normalized spacial score (nSPS) is 14.4. The monoisotopic (exact) mass is 388 g/mol. The molecule has 6 nitrogen and oxygen atoms in total. The molecular formula is C20H21ClN2O4. The molecule has 27 heavy (non-hydrogen) atoms. The number of nitrogens with one attached hydrogen (secondary N) is 2. The molecule has 2 aromatic rings. The van der Waals surface area contributed by atoms with Crippen LogP contribution in [-0.4, -0.2) is 25.0 Å². The average Bonchev–Trinajstić information content (AvgIpc) is 2.72. The van der Waals surface area contributed by atoms with Gasteiger partial charge in [0, 0.05) is 29.7 Å². The second-order valence-corrected chi connectivity index (χ2v) is 6.71. The average molecular weight is 389 g/mol. The van der Waals surface area contributed by atoms with Crippen molar-refractivity contribution in [3.8, 4) is 5.75 Å². The second-order valence-electron chi connectivity index (χ2n) is 6.27. The molecule has 1 aliphatic rings. The molecule has 3 rings (SSSR count). The van der Waals surface area contributed by atoms with Crippen molar-refractivity contribution in [1.29, 1.82) is 0 Å². The fraction of sp³-hybridized carbons (Fsp3) is 0.300. The quantitative estimate of drug-likeness (QED) is 0.771. The first kappa shape index (κ1) is 19.2. The molecule has 1 heterocycles. The van der Waals surface area contributed by atoms with Gasteiger partial charge in [-0.15, -0.1) is 0 Å². The zero-order valence-corrected chi connectivity index (χ0v) is 15.5. The van der Waals surface area contributed by atoms with Crippen molar-refractivity contribution >= 4 is 23.4 Å². The van der Waals surface area contributed by atoms with Crippen LogP contribution in [0.2, 0.25) is 5.02 Å². The number of carbonyl (C=O) groups is 2. The van der Waals surface area contributed by atoms with Gasteiger partial charge < -0.3 is 9.47 Å². The van der Waals surface area contributed by atoms with Gasteiger partial charge in [-0.2, -0.15) is 0 Å². The van der Waals surface area contributed by atoms with Crippen LogP contribution in [-0.2, 0) is 16.1 Å². The summed E-state index contributed by atoms with van der Waals surface area (Å²) in [6, 6.07) is 14.1. The zero-order valence-electron chi connectivity index (χ0n) is 14.7. The van der Waals surface area contributed by atoms with Gasteiger partial charge in [-0.1, -0.05) is 23.7 Å². The van der Waals surface area contributed by atoms with Crippen molar-refractivity contribution in [2.75, 3.05) is 13.2 Å². The Morgan fingerprint density at radius 3 is 2.33 bits per heavy atom. The van der Waals surface area contributed by atoms with Crippen molar-refractivity contribution < 1.29 is 19.1 Å². The van der Waals surface area contributed by atoms with Gasteiger partial charge in [0.2, 0.25) is 5.91 Å². The largest absolute Gasteiger partial charge is 0.489 e. The lowest BCUT2D eigenvalue weighted by molar-refractivity contribution is -0.128. The van der Waals surface area contributed by atoms with Crippen LogP contribution in [0.5, 0.6) is 5.75 Å². The maximum absolute atomic E-state index is 12.2. The lowest BCUT2D eigenvalue weighted by atomic mass is 10.00. The summed E-state index contributed by atoms with van der Waals surface area (Å²) in [7, 11) is 0. The highest BCUT2D eigenvalue weighted by Crippen LogP contribution is 2.17. The van der Waals surface area contributed by atoms with Crippen molar-refractivity contribution in [3.05, 3.63) is 64.7 Å². The Bertz CT molecular complexity index is 772. The first-order valence-corrected chi connectivity index (χ1v) is 9.15. The summed E-state index contributed by atoms with van der Waals surface area (Å²) in [4.78, 5) is 24.2. The minimum Gasteiger partial charge on any atom is -0.489 e. The van der Waals surface area contributed by atoms with Crippen LogP contribution in [0.3, 0.4) is 0 Å².